The molecule has 0 aliphatic rings. The number of carbonyl (C=O) groups is 1. The van der Waals surface area contributed by atoms with Gasteiger partial charge in [0.05, 0.1) is 18.8 Å². The van der Waals surface area contributed by atoms with E-state index in [4.69, 9.17) is 0 Å². The zero-order valence-corrected chi connectivity index (χ0v) is 10.7. The molecular formula is C11H20N4O. The summed E-state index contributed by atoms with van der Waals surface area (Å²) in [7, 11) is 5.70. The van der Waals surface area contributed by atoms with Crippen molar-refractivity contribution in [3.63, 3.8) is 0 Å². The Morgan fingerprint density at radius 1 is 1.44 bits per heavy atom. The van der Waals surface area contributed by atoms with Crippen molar-refractivity contribution in [2.24, 2.45) is 7.05 Å². The molecule has 0 saturated carbocycles. The summed E-state index contributed by atoms with van der Waals surface area (Å²) >= 11 is 0. The Morgan fingerprint density at radius 3 is 2.50 bits per heavy atom. The number of aromatic nitrogens is 2. The van der Waals surface area contributed by atoms with Gasteiger partial charge >= 0.3 is 0 Å². The van der Waals surface area contributed by atoms with Crippen LogP contribution in [-0.2, 0) is 18.4 Å². The average Bonchev–Trinajstić information content (AvgIpc) is 2.42. The first-order chi connectivity index (χ1) is 7.41. The van der Waals surface area contributed by atoms with Crippen molar-refractivity contribution in [3.8, 4) is 0 Å². The molecule has 1 amide bonds. The van der Waals surface area contributed by atoms with Crippen molar-refractivity contribution in [1.82, 2.24) is 19.8 Å². The maximum atomic E-state index is 11.4. The molecule has 5 nitrogen and oxygen atoms in total. The standard InChI is InChI=1S/C11H20N4O/c1-8-9(2)15(5)10(13-8)6-12-11(16)7-14(3)4/h6-7H2,1-5H3,(H,12,16). The molecule has 0 aliphatic carbocycles. The van der Waals surface area contributed by atoms with E-state index < -0.39 is 0 Å². The van der Waals surface area contributed by atoms with E-state index >= 15 is 0 Å². The van der Waals surface area contributed by atoms with Gasteiger partial charge < -0.3 is 14.8 Å². The number of carbonyl (C=O) groups excluding carboxylic acids is 1. The highest BCUT2D eigenvalue weighted by Crippen LogP contribution is 2.07. The predicted octanol–water partition coefficient (Wildman–Crippen LogP) is 0.215. The van der Waals surface area contributed by atoms with Gasteiger partial charge in [-0.05, 0) is 27.9 Å². The molecule has 16 heavy (non-hydrogen) atoms. The van der Waals surface area contributed by atoms with E-state index in [0.717, 1.165) is 17.2 Å². The Morgan fingerprint density at radius 2 is 2.06 bits per heavy atom. The summed E-state index contributed by atoms with van der Waals surface area (Å²) < 4.78 is 2.01. The molecule has 5 heteroatoms. The summed E-state index contributed by atoms with van der Waals surface area (Å²) in [5, 5.41) is 2.85. The molecule has 0 aromatic carbocycles. The maximum absolute atomic E-state index is 11.4. The number of hydrogen-bond donors (Lipinski definition) is 1. The fourth-order valence-corrected chi connectivity index (χ4v) is 1.46. The maximum Gasteiger partial charge on any atom is 0.234 e. The van der Waals surface area contributed by atoms with Crippen molar-refractivity contribution in [2.45, 2.75) is 20.4 Å². The van der Waals surface area contributed by atoms with Crippen LogP contribution >= 0.6 is 0 Å². The van der Waals surface area contributed by atoms with Crippen molar-refractivity contribution in [2.75, 3.05) is 20.6 Å². The van der Waals surface area contributed by atoms with E-state index in [1.54, 1.807) is 0 Å². The summed E-state index contributed by atoms with van der Waals surface area (Å²) in [6.07, 6.45) is 0. The van der Waals surface area contributed by atoms with Crippen LogP contribution in [0.5, 0.6) is 0 Å². The largest absolute Gasteiger partial charge is 0.348 e. The molecule has 1 N–H and O–H groups in total. The minimum absolute atomic E-state index is 0.0170. The summed E-state index contributed by atoms with van der Waals surface area (Å²) in [5.74, 6) is 0.908. The minimum atomic E-state index is 0.0170. The van der Waals surface area contributed by atoms with Gasteiger partial charge in [-0.1, -0.05) is 0 Å². The first-order valence-corrected chi connectivity index (χ1v) is 5.32. The van der Waals surface area contributed by atoms with Gasteiger partial charge in [-0.2, -0.15) is 0 Å². The minimum Gasteiger partial charge on any atom is -0.348 e. The second-order valence-corrected chi connectivity index (χ2v) is 4.27. The molecule has 0 spiro atoms. The normalized spacial score (nSPS) is 10.9. The van der Waals surface area contributed by atoms with Gasteiger partial charge in [0.25, 0.3) is 0 Å². The van der Waals surface area contributed by atoms with Crippen molar-refractivity contribution < 1.29 is 4.79 Å². The summed E-state index contributed by atoms with van der Waals surface area (Å²) in [6, 6.07) is 0. The number of aryl methyl sites for hydroxylation is 1. The predicted molar refractivity (Wildman–Crippen MR) is 63.1 cm³/mol. The molecule has 90 valence electrons. The van der Waals surface area contributed by atoms with Crippen molar-refractivity contribution in [3.05, 3.63) is 17.2 Å². The second-order valence-electron chi connectivity index (χ2n) is 4.27. The molecule has 1 rings (SSSR count). The number of nitrogens with one attached hydrogen (secondary N) is 1. The molecule has 0 atom stereocenters. The summed E-state index contributed by atoms with van der Waals surface area (Å²) in [4.78, 5) is 17.7. The topological polar surface area (TPSA) is 50.2 Å². The summed E-state index contributed by atoms with van der Waals surface area (Å²) in [6.45, 7) is 4.88. The van der Waals surface area contributed by atoms with Crippen LogP contribution in [0.1, 0.15) is 17.2 Å². The van der Waals surface area contributed by atoms with E-state index in [-0.39, 0.29) is 5.91 Å². The lowest BCUT2D eigenvalue weighted by molar-refractivity contribution is -0.121. The Kier molecular flexibility index (Phi) is 4.06. The smallest absolute Gasteiger partial charge is 0.234 e. The van der Waals surface area contributed by atoms with Crippen LogP contribution in [0.25, 0.3) is 0 Å². The lowest BCUT2D eigenvalue weighted by Gasteiger charge is -2.10. The van der Waals surface area contributed by atoms with Crippen molar-refractivity contribution >= 4 is 5.91 Å². The third kappa shape index (κ3) is 3.06. The lowest BCUT2D eigenvalue weighted by Crippen LogP contribution is -2.33. The zero-order valence-electron chi connectivity index (χ0n) is 10.7. The quantitative estimate of drug-likeness (QED) is 0.795. The average molecular weight is 224 g/mol. The molecule has 1 heterocycles. The number of rotatable bonds is 4. The van der Waals surface area contributed by atoms with E-state index in [0.29, 0.717) is 13.1 Å². The van der Waals surface area contributed by atoms with Crippen LogP contribution in [0.15, 0.2) is 0 Å². The fourth-order valence-electron chi connectivity index (χ4n) is 1.46. The van der Waals surface area contributed by atoms with E-state index in [2.05, 4.69) is 10.3 Å². The SMILES string of the molecule is Cc1nc(CNC(=O)CN(C)C)n(C)c1C. The van der Waals surface area contributed by atoms with Crippen LogP contribution in [0.3, 0.4) is 0 Å². The Labute approximate surface area is 96.5 Å². The van der Waals surface area contributed by atoms with Gasteiger partial charge in [-0.15, -0.1) is 0 Å². The second kappa shape index (κ2) is 5.12. The first-order valence-electron chi connectivity index (χ1n) is 5.32. The number of imidazole rings is 1. The third-order valence-electron chi connectivity index (χ3n) is 2.61. The molecule has 1 aromatic rings. The van der Waals surface area contributed by atoms with E-state index in [1.807, 2.05) is 44.5 Å². The van der Waals surface area contributed by atoms with Crippen LogP contribution in [0.2, 0.25) is 0 Å². The molecule has 0 unspecified atom stereocenters. The Bertz CT molecular complexity index is 382. The highest BCUT2D eigenvalue weighted by molar-refractivity contribution is 5.77. The molecule has 1 aromatic heterocycles. The molecular weight excluding hydrogens is 204 g/mol. The van der Waals surface area contributed by atoms with Gasteiger partial charge in [0.1, 0.15) is 5.82 Å². The highest BCUT2D eigenvalue weighted by Gasteiger charge is 2.09. The number of likely N-dealkylation sites (N-methyl/N-ethyl adjacent to an activating group) is 1. The molecule has 0 saturated heterocycles. The van der Waals surface area contributed by atoms with E-state index in [1.165, 1.54) is 0 Å². The molecule has 0 aliphatic heterocycles. The first kappa shape index (κ1) is 12.7. The highest BCUT2D eigenvalue weighted by atomic mass is 16.2. The summed E-state index contributed by atoms with van der Waals surface area (Å²) in [5.41, 5.74) is 2.15. The van der Waals surface area contributed by atoms with Gasteiger partial charge in [-0.25, -0.2) is 4.98 Å². The van der Waals surface area contributed by atoms with Gasteiger partial charge in [0.2, 0.25) is 5.91 Å². The fraction of sp³-hybridized carbons (Fsp3) is 0.636. The third-order valence-corrected chi connectivity index (χ3v) is 2.61. The lowest BCUT2D eigenvalue weighted by atomic mass is 10.4. The van der Waals surface area contributed by atoms with E-state index in [9.17, 15) is 4.79 Å². The number of hydrogen-bond acceptors (Lipinski definition) is 3. The number of amides is 1. The Hall–Kier alpha value is -1.36. The van der Waals surface area contributed by atoms with Gasteiger partial charge in [0.15, 0.2) is 0 Å². The van der Waals surface area contributed by atoms with Crippen molar-refractivity contribution in [1.29, 1.82) is 0 Å². The van der Waals surface area contributed by atoms with Crippen LogP contribution in [-0.4, -0.2) is 41.0 Å². The van der Waals surface area contributed by atoms with Crippen LogP contribution in [0.4, 0.5) is 0 Å². The van der Waals surface area contributed by atoms with Crippen LogP contribution in [0, 0.1) is 13.8 Å². The molecule has 0 bridgehead atoms. The van der Waals surface area contributed by atoms with Gasteiger partial charge in [0, 0.05) is 12.7 Å². The van der Waals surface area contributed by atoms with Crippen LogP contribution < -0.4 is 5.32 Å². The molecule has 0 fully saturated rings. The van der Waals surface area contributed by atoms with Gasteiger partial charge in [-0.3, -0.25) is 4.79 Å². The monoisotopic (exact) mass is 224 g/mol. The Balaban J connectivity index is 2.55. The number of nitrogens with zero attached hydrogens (tertiary/aromatic N) is 3. The zero-order chi connectivity index (χ0) is 12.3. The molecule has 0 radical (unpaired) electrons.